The number of likely N-dealkylation sites (N-methyl/N-ethyl adjacent to an activating group) is 2. The van der Waals surface area contributed by atoms with Gasteiger partial charge < -0.3 is 15.1 Å². The van der Waals surface area contributed by atoms with Crippen LogP contribution in [0.15, 0.2) is 36.7 Å². The van der Waals surface area contributed by atoms with Crippen molar-refractivity contribution in [3.05, 3.63) is 53.3 Å². The number of benzene rings is 1. The van der Waals surface area contributed by atoms with Gasteiger partial charge in [-0.2, -0.15) is 5.10 Å². The van der Waals surface area contributed by atoms with Crippen molar-refractivity contribution in [2.24, 2.45) is 7.05 Å². The quantitative estimate of drug-likeness (QED) is 0.779. The molecule has 1 unspecified atom stereocenters. The largest absolute Gasteiger partial charge is 0.345 e. The summed E-state index contributed by atoms with van der Waals surface area (Å²) in [6.45, 7) is 3.04. The number of nitrogens with zero attached hydrogens (tertiary/aromatic N) is 4. The molecule has 0 fully saturated rings. The van der Waals surface area contributed by atoms with Gasteiger partial charge in [0.05, 0.1) is 6.20 Å². The van der Waals surface area contributed by atoms with Gasteiger partial charge in [0.25, 0.3) is 5.91 Å². The molecule has 1 aromatic heterocycles. The second kappa shape index (κ2) is 10.1. The van der Waals surface area contributed by atoms with Crippen molar-refractivity contribution in [2.75, 3.05) is 27.7 Å². The van der Waals surface area contributed by atoms with Gasteiger partial charge in [-0.15, -0.1) is 12.4 Å². The van der Waals surface area contributed by atoms with E-state index in [1.165, 1.54) is 0 Å². The molecule has 148 valence electrons. The molecule has 0 aliphatic heterocycles. The number of nitrogens with one attached hydrogen (secondary N) is 1. The molecule has 0 aliphatic carbocycles. The average molecular weight is 394 g/mol. The highest BCUT2D eigenvalue weighted by molar-refractivity contribution is 5.93. The Kier molecular flexibility index (Phi) is 8.46. The van der Waals surface area contributed by atoms with Crippen molar-refractivity contribution < 1.29 is 9.59 Å². The molecule has 1 heterocycles. The average Bonchev–Trinajstić information content (AvgIpc) is 3.06. The summed E-state index contributed by atoms with van der Waals surface area (Å²) in [5, 5.41) is 7.22. The van der Waals surface area contributed by atoms with Crippen LogP contribution in [0.2, 0.25) is 0 Å². The molecule has 0 aliphatic rings. The Bertz CT molecular complexity index is 758. The predicted molar refractivity (Wildman–Crippen MR) is 108 cm³/mol. The van der Waals surface area contributed by atoms with Crippen LogP contribution in [-0.4, -0.2) is 59.1 Å². The van der Waals surface area contributed by atoms with Crippen molar-refractivity contribution >= 4 is 24.2 Å². The van der Waals surface area contributed by atoms with Crippen LogP contribution in [0.3, 0.4) is 0 Å². The molecule has 0 saturated heterocycles. The van der Waals surface area contributed by atoms with Gasteiger partial charge in [0.15, 0.2) is 0 Å². The van der Waals surface area contributed by atoms with Crippen molar-refractivity contribution in [3.8, 4) is 0 Å². The van der Waals surface area contributed by atoms with Crippen LogP contribution in [0.5, 0.6) is 0 Å². The summed E-state index contributed by atoms with van der Waals surface area (Å²) in [6.07, 6.45) is 3.54. The number of rotatable bonds is 7. The molecule has 1 N–H and O–H groups in total. The highest BCUT2D eigenvalue weighted by Crippen LogP contribution is 2.17. The monoisotopic (exact) mass is 393 g/mol. The summed E-state index contributed by atoms with van der Waals surface area (Å²) < 4.78 is 1.68. The number of amides is 2. The summed E-state index contributed by atoms with van der Waals surface area (Å²) in [5.41, 5.74) is 2.46. The SMILES string of the molecule is CCN(Cc1ccc(C(=O)N(C)C)cc1)C(=O)C(NC)c1cnn(C)c1.Cl. The standard InChI is InChI=1S/C19H27N5O2.ClH/c1-6-24(19(26)17(20-2)16-11-21-23(5)13-16)12-14-7-9-15(10-8-14)18(25)22(3)4;/h7-11,13,17,20H,6,12H2,1-5H3;1H. The van der Waals surface area contributed by atoms with Gasteiger partial charge in [-0.05, 0) is 31.7 Å². The maximum Gasteiger partial charge on any atom is 0.253 e. The number of aryl methyl sites for hydroxylation is 1. The smallest absolute Gasteiger partial charge is 0.253 e. The van der Waals surface area contributed by atoms with Gasteiger partial charge in [-0.25, -0.2) is 0 Å². The summed E-state index contributed by atoms with van der Waals surface area (Å²) >= 11 is 0. The Morgan fingerprint density at radius 3 is 2.30 bits per heavy atom. The second-order valence-corrected chi connectivity index (χ2v) is 6.42. The minimum atomic E-state index is -0.432. The van der Waals surface area contributed by atoms with Gasteiger partial charge in [-0.3, -0.25) is 14.3 Å². The summed E-state index contributed by atoms with van der Waals surface area (Å²) in [7, 11) is 7.05. The highest BCUT2D eigenvalue weighted by atomic mass is 35.5. The first kappa shape index (κ1) is 22.7. The van der Waals surface area contributed by atoms with E-state index >= 15 is 0 Å². The number of halogens is 1. The van der Waals surface area contributed by atoms with E-state index in [0.29, 0.717) is 18.7 Å². The fourth-order valence-electron chi connectivity index (χ4n) is 2.78. The Morgan fingerprint density at radius 2 is 1.85 bits per heavy atom. The molecule has 2 rings (SSSR count). The van der Waals surface area contributed by atoms with Crippen LogP contribution in [0, 0.1) is 0 Å². The molecule has 2 aromatic rings. The molecule has 0 radical (unpaired) electrons. The van der Waals surface area contributed by atoms with Crippen LogP contribution in [-0.2, 0) is 18.4 Å². The zero-order valence-electron chi connectivity index (χ0n) is 16.5. The molecule has 8 heteroatoms. The number of carbonyl (C=O) groups is 2. The second-order valence-electron chi connectivity index (χ2n) is 6.42. The van der Waals surface area contributed by atoms with E-state index in [-0.39, 0.29) is 24.2 Å². The normalized spacial score (nSPS) is 11.4. The fourth-order valence-corrected chi connectivity index (χ4v) is 2.78. The molecule has 0 saturated carbocycles. The number of hydrogen-bond donors (Lipinski definition) is 1. The van der Waals surface area contributed by atoms with Crippen molar-refractivity contribution in [3.63, 3.8) is 0 Å². The Hall–Kier alpha value is -2.38. The van der Waals surface area contributed by atoms with E-state index in [1.807, 2.05) is 32.3 Å². The molecule has 1 atom stereocenters. The van der Waals surface area contributed by atoms with E-state index < -0.39 is 6.04 Å². The topological polar surface area (TPSA) is 70.5 Å². The summed E-state index contributed by atoms with van der Waals surface area (Å²) in [5.74, 6) is -0.0387. The molecule has 0 bridgehead atoms. The predicted octanol–water partition coefficient (Wildman–Crippen LogP) is 1.85. The first-order chi connectivity index (χ1) is 12.4. The fraction of sp³-hybridized carbons (Fsp3) is 0.421. The first-order valence-electron chi connectivity index (χ1n) is 8.62. The summed E-state index contributed by atoms with van der Waals surface area (Å²) in [4.78, 5) is 28.3. The van der Waals surface area contributed by atoms with Crippen LogP contribution in [0.4, 0.5) is 0 Å². The third-order valence-corrected chi connectivity index (χ3v) is 4.27. The maximum atomic E-state index is 12.9. The molecular weight excluding hydrogens is 366 g/mol. The number of hydrogen-bond acceptors (Lipinski definition) is 4. The minimum Gasteiger partial charge on any atom is -0.345 e. The van der Waals surface area contributed by atoms with Gasteiger partial charge >= 0.3 is 0 Å². The van der Waals surface area contributed by atoms with E-state index in [2.05, 4.69) is 10.4 Å². The highest BCUT2D eigenvalue weighted by Gasteiger charge is 2.25. The lowest BCUT2D eigenvalue weighted by molar-refractivity contribution is -0.133. The van der Waals surface area contributed by atoms with Crippen LogP contribution in [0.25, 0.3) is 0 Å². The van der Waals surface area contributed by atoms with Crippen molar-refractivity contribution in [2.45, 2.75) is 19.5 Å². The lowest BCUT2D eigenvalue weighted by Gasteiger charge is -2.26. The van der Waals surface area contributed by atoms with E-state index in [9.17, 15) is 9.59 Å². The summed E-state index contributed by atoms with van der Waals surface area (Å²) in [6, 6.07) is 6.95. The van der Waals surface area contributed by atoms with Crippen molar-refractivity contribution in [1.82, 2.24) is 24.9 Å². The van der Waals surface area contributed by atoms with Crippen LogP contribution >= 0.6 is 12.4 Å². The Labute approximate surface area is 166 Å². The third-order valence-electron chi connectivity index (χ3n) is 4.27. The number of carbonyl (C=O) groups excluding carboxylic acids is 2. The minimum absolute atomic E-state index is 0. The molecule has 2 amide bonds. The van der Waals surface area contributed by atoms with Crippen LogP contribution in [0.1, 0.15) is 34.5 Å². The van der Waals surface area contributed by atoms with E-state index in [0.717, 1.165) is 11.1 Å². The Balaban J connectivity index is 0.00000364. The van der Waals surface area contributed by atoms with E-state index in [4.69, 9.17) is 0 Å². The molecule has 1 aromatic carbocycles. The molecule has 27 heavy (non-hydrogen) atoms. The first-order valence-corrected chi connectivity index (χ1v) is 8.62. The Morgan fingerprint density at radius 1 is 1.22 bits per heavy atom. The van der Waals surface area contributed by atoms with Crippen molar-refractivity contribution in [1.29, 1.82) is 0 Å². The van der Waals surface area contributed by atoms with Crippen LogP contribution < -0.4 is 5.32 Å². The zero-order valence-corrected chi connectivity index (χ0v) is 17.3. The molecular formula is C19H28ClN5O2. The molecule has 7 nitrogen and oxygen atoms in total. The van der Waals surface area contributed by atoms with Gasteiger partial charge in [-0.1, -0.05) is 12.1 Å². The zero-order chi connectivity index (χ0) is 19.3. The lowest BCUT2D eigenvalue weighted by atomic mass is 10.1. The maximum absolute atomic E-state index is 12.9. The van der Waals surface area contributed by atoms with Gasteiger partial charge in [0.2, 0.25) is 5.91 Å². The lowest BCUT2D eigenvalue weighted by Crippen LogP contribution is -2.39. The van der Waals surface area contributed by atoms with Gasteiger partial charge in [0, 0.05) is 51.6 Å². The molecule has 0 spiro atoms. The third kappa shape index (κ3) is 5.55. The number of aromatic nitrogens is 2. The van der Waals surface area contributed by atoms with Gasteiger partial charge in [0.1, 0.15) is 6.04 Å². The van der Waals surface area contributed by atoms with E-state index in [1.54, 1.807) is 54.0 Å².